The van der Waals surface area contributed by atoms with Crippen molar-refractivity contribution in [2.45, 2.75) is 72.3 Å². The molecule has 3 atom stereocenters. The van der Waals surface area contributed by atoms with Crippen LogP contribution in [0, 0.1) is 5.92 Å². The van der Waals surface area contributed by atoms with Gasteiger partial charge in [0.2, 0.25) is 0 Å². The van der Waals surface area contributed by atoms with Gasteiger partial charge < -0.3 is 19.5 Å². The van der Waals surface area contributed by atoms with Crippen LogP contribution in [0.4, 0.5) is 4.79 Å². The fourth-order valence-electron chi connectivity index (χ4n) is 2.39. The standard InChI is InChI=1S/C20H29Cl2NO5/c1-11(2)17(27-16-9-8-14(21)10-15(16)22)13(4)26-18(24)12(3)23-19(25)28-20(5,6)7/h8-13,17H,1-7H3,(H,23,25)/t12-,13-,17+/m0/s1. The van der Waals surface area contributed by atoms with Gasteiger partial charge in [-0.3, -0.25) is 0 Å². The minimum absolute atomic E-state index is 0.0312. The summed E-state index contributed by atoms with van der Waals surface area (Å²) in [4.78, 5) is 24.2. The molecule has 0 aliphatic rings. The predicted molar refractivity (Wildman–Crippen MR) is 110 cm³/mol. The number of carbonyl (C=O) groups is 2. The van der Waals surface area contributed by atoms with Crippen LogP contribution in [0.2, 0.25) is 10.0 Å². The highest BCUT2D eigenvalue weighted by Gasteiger charge is 2.29. The maximum atomic E-state index is 12.4. The molecule has 0 aliphatic carbocycles. The Morgan fingerprint density at radius 1 is 1.07 bits per heavy atom. The van der Waals surface area contributed by atoms with Crippen molar-refractivity contribution in [2.24, 2.45) is 5.92 Å². The number of alkyl carbamates (subject to hydrolysis) is 1. The second-order valence-electron chi connectivity index (χ2n) is 7.91. The SMILES string of the molecule is CC(C)[C@@H](Oc1ccc(Cl)cc1Cl)[C@H](C)OC(=O)[C@H](C)NC(=O)OC(C)(C)C. The number of rotatable bonds is 7. The molecule has 1 rings (SSSR count). The van der Waals surface area contributed by atoms with Crippen molar-refractivity contribution in [3.8, 4) is 5.75 Å². The summed E-state index contributed by atoms with van der Waals surface area (Å²) in [5, 5.41) is 3.33. The van der Waals surface area contributed by atoms with E-state index >= 15 is 0 Å². The molecule has 0 fully saturated rings. The molecule has 0 unspecified atom stereocenters. The maximum Gasteiger partial charge on any atom is 0.408 e. The van der Waals surface area contributed by atoms with Crippen LogP contribution in [-0.4, -0.2) is 35.9 Å². The zero-order valence-corrected chi connectivity index (χ0v) is 18.9. The highest BCUT2D eigenvalue weighted by atomic mass is 35.5. The molecule has 0 radical (unpaired) electrons. The molecule has 8 heteroatoms. The lowest BCUT2D eigenvalue weighted by Crippen LogP contribution is -2.45. The third kappa shape index (κ3) is 8.15. The van der Waals surface area contributed by atoms with Crippen molar-refractivity contribution >= 4 is 35.3 Å². The topological polar surface area (TPSA) is 73.9 Å². The van der Waals surface area contributed by atoms with Gasteiger partial charge in [0, 0.05) is 5.02 Å². The molecular weight excluding hydrogens is 405 g/mol. The lowest BCUT2D eigenvalue weighted by atomic mass is 10.0. The molecule has 1 amide bonds. The van der Waals surface area contributed by atoms with Crippen molar-refractivity contribution in [3.63, 3.8) is 0 Å². The van der Waals surface area contributed by atoms with E-state index in [0.717, 1.165) is 0 Å². The van der Waals surface area contributed by atoms with E-state index in [-0.39, 0.29) is 5.92 Å². The largest absolute Gasteiger partial charge is 0.485 e. The summed E-state index contributed by atoms with van der Waals surface area (Å²) in [6, 6.07) is 4.05. The Bertz CT molecular complexity index is 688. The van der Waals surface area contributed by atoms with Gasteiger partial charge in [-0.25, -0.2) is 9.59 Å². The average Bonchev–Trinajstić information content (AvgIpc) is 2.51. The van der Waals surface area contributed by atoms with E-state index in [1.54, 1.807) is 45.9 Å². The summed E-state index contributed by atoms with van der Waals surface area (Å²) in [6.07, 6.45) is -1.72. The molecule has 6 nitrogen and oxygen atoms in total. The van der Waals surface area contributed by atoms with E-state index in [1.807, 2.05) is 13.8 Å². The Hall–Kier alpha value is -1.66. The van der Waals surface area contributed by atoms with Gasteiger partial charge in [-0.2, -0.15) is 0 Å². The molecule has 1 aromatic rings. The molecular formula is C20H29Cl2NO5. The molecule has 28 heavy (non-hydrogen) atoms. The van der Waals surface area contributed by atoms with Gasteiger partial charge in [0.15, 0.2) is 0 Å². The van der Waals surface area contributed by atoms with Crippen LogP contribution in [0.25, 0.3) is 0 Å². The molecule has 0 heterocycles. The van der Waals surface area contributed by atoms with Gasteiger partial charge in [-0.1, -0.05) is 37.0 Å². The van der Waals surface area contributed by atoms with Crippen molar-refractivity contribution in [3.05, 3.63) is 28.2 Å². The van der Waals surface area contributed by atoms with Crippen molar-refractivity contribution in [1.29, 1.82) is 0 Å². The molecule has 0 bridgehead atoms. The summed E-state index contributed by atoms with van der Waals surface area (Å²) in [6.45, 7) is 12.4. The number of halogens is 2. The Morgan fingerprint density at radius 2 is 1.68 bits per heavy atom. The summed E-state index contributed by atoms with van der Waals surface area (Å²) in [5.41, 5.74) is -0.657. The molecule has 1 aromatic carbocycles. The predicted octanol–water partition coefficient (Wildman–Crippen LogP) is 5.24. The first kappa shape index (κ1) is 24.4. The number of benzene rings is 1. The molecule has 0 aromatic heterocycles. The number of hydrogen-bond donors (Lipinski definition) is 1. The molecule has 0 spiro atoms. The van der Waals surface area contributed by atoms with E-state index in [0.29, 0.717) is 15.8 Å². The van der Waals surface area contributed by atoms with Crippen molar-refractivity contribution in [1.82, 2.24) is 5.32 Å². The summed E-state index contributed by atoms with van der Waals surface area (Å²) in [5.74, 6) is -0.105. The molecule has 1 N–H and O–H groups in total. The maximum absolute atomic E-state index is 12.4. The summed E-state index contributed by atoms with van der Waals surface area (Å²) in [7, 11) is 0. The first-order valence-corrected chi connectivity index (χ1v) is 9.87. The Kier molecular flexibility index (Phi) is 8.89. The van der Waals surface area contributed by atoms with Crippen LogP contribution in [0.5, 0.6) is 5.75 Å². The zero-order valence-electron chi connectivity index (χ0n) is 17.3. The van der Waals surface area contributed by atoms with E-state index in [4.69, 9.17) is 37.4 Å². The number of nitrogens with one attached hydrogen (secondary N) is 1. The van der Waals surface area contributed by atoms with Gasteiger partial charge >= 0.3 is 12.1 Å². The normalized spacial score (nSPS) is 14.8. The lowest BCUT2D eigenvalue weighted by molar-refractivity contribution is -0.156. The van der Waals surface area contributed by atoms with Gasteiger partial charge in [0.25, 0.3) is 0 Å². The van der Waals surface area contributed by atoms with Crippen LogP contribution >= 0.6 is 23.2 Å². The monoisotopic (exact) mass is 433 g/mol. The van der Waals surface area contributed by atoms with Crippen LogP contribution < -0.4 is 10.1 Å². The van der Waals surface area contributed by atoms with Gasteiger partial charge in [-0.05, 0) is 58.7 Å². The Morgan fingerprint density at radius 3 is 2.18 bits per heavy atom. The van der Waals surface area contributed by atoms with Crippen LogP contribution in [0.3, 0.4) is 0 Å². The number of amides is 1. The average molecular weight is 434 g/mol. The second kappa shape index (κ2) is 10.2. The molecule has 0 saturated heterocycles. The summed E-state index contributed by atoms with van der Waals surface area (Å²) >= 11 is 12.1. The number of hydrogen-bond acceptors (Lipinski definition) is 5. The van der Waals surface area contributed by atoms with Crippen LogP contribution in [0.15, 0.2) is 18.2 Å². The summed E-state index contributed by atoms with van der Waals surface area (Å²) < 4.78 is 16.6. The van der Waals surface area contributed by atoms with E-state index < -0.39 is 35.9 Å². The smallest absolute Gasteiger partial charge is 0.408 e. The highest BCUT2D eigenvalue weighted by Crippen LogP contribution is 2.30. The first-order valence-electron chi connectivity index (χ1n) is 9.12. The highest BCUT2D eigenvalue weighted by molar-refractivity contribution is 6.35. The zero-order chi connectivity index (χ0) is 21.6. The van der Waals surface area contributed by atoms with Crippen molar-refractivity contribution in [2.75, 3.05) is 0 Å². The molecule has 0 saturated carbocycles. The van der Waals surface area contributed by atoms with Gasteiger partial charge in [-0.15, -0.1) is 0 Å². The number of carbonyl (C=O) groups excluding carboxylic acids is 2. The minimum Gasteiger partial charge on any atom is -0.485 e. The van der Waals surface area contributed by atoms with E-state index in [2.05, 4.69) is 5.32 Å². The molecule has 158 valence electrons. The lowest BCUT2D eigenvalue weighted by Gasteiger charge is -2.29. The molecule has 0 aliphatic heterocycles. The van der Waals surface area contributed by atoms with Gasteiger partial charge in [0.05, 0.1) is 5.02 Å². The van der Waals surface area contributed by atoms with E-state index in [1.165, 1.54) is 6.92 Å². The second-order valence-corrected chi connectivity index (χ2v) is 8.75. The minimum atomic E-state index is -0.871. The van der Waals surface area contributed by atoms with E-state index in [9.17, 15) is 9.59 Å². The Balaban J connectivity index is 2.73. The van der Waals surface area contributed by atoms with Crippen LogP contribution in [0.1, 0.15) is 48.5 Å². The van der Waals surface area contributed by atoms with Crippen LogP contribution in [-0.2, 0) is 14.3 Å². The quantitative estimate of drug-likeness (QED) is 0.594. The third-order valence-corrected chi connectivity index (χ3v) is 4.20. The number of esters is 1. The first-order chi connectivity index (χ1) is 12.8. The third-order valence-electron chi connectivity index (χ3n) is 3.67. The van der Waals surface area contributed by atoms with Gasteiger partial charge in [0.1, 0.15) is 29.6 Å². The fourth-order valence-corrected chi connectivity index (χ4v) is 2.84. The van der Waals surface area contributed by atoms with Crippen molar-refractivity contribution < 1.29 is 23.8 Å². The number of ether oxygens (including phenoxy) is 3. The Labute approximate surface area is 176 Å². The fraction of sp³-hybridized carbons (Fsp3) is 0.600.